The summed E-state index contributed by atoms with van der Waals surface area (Å²) in [5.41, 5.74) is 0. The molecule has 0 amide bonds. The zero-order valence-electron chi connectivity index (χ0n) is 12.6. The van der Waals surface area contributed by atoms with Crippen LogP contribution >= 0.6 is 0 Å². The quantitative estimate of drug-likeness (QED) is 0.818. The maximum atomic E-state index is 3.73. The third-order valence-electron chi connectivity index (χ3n) is 5.34. The SMILES string of the molecule is CCC1CCNC(CN2CCN(CC3CC3)CC2)C1. The average molecular weight is 265 g/mol. The van der Waals surface area contributed by atoms with Crippen molar-refractivity contribution >= 4 is 0 Å². The molecule has 0 bridgehead atoms. The highest BCUT2D eigenvalue weighted by atomic mass is 15.3. The topological polar surface area (TPSA) is 18.5 Å². The van der Waals surface area contributed by atoms with Crippen molar-refractivity contribution in [3.8, 4) is 0 Å². The Labute approximate surface area is 118 Å². The van der Waals surface area contributed by atoms with Gasteiger partial charge in [0.2, 0.25) is 0 Å². The zero-order chi connectivity index (χ0) is 13.1. The molecule has 2 atom stereocenters. The van der Waals surface area contributed by atoms with Crippen molar-refractivity contribution < 1.29 is 0 Å². The van der Waals surface area contributed by atoms with E-state index >= 15 is 0 Å². The second-order valence-corrected chi connectivity index (χ2v) is 6.99. The average Bonchev–Trinajstić information content (AvgIpc) is 3.25. The summed E-state index contributed by atoms with van der Waals surface area (Å²) in [6.45, 7) is 11.5. The van der Waals surface area contributed by atoms with Crippen LogP contribution in [0.25, 0.3) is 0 Å². The molecule has 0 aromatic carbocycles. The first-order valence-electron chi connectivity index (χ1n) is 8.51. The van der Waals surface area contributed by atoms with Gasteiger partial charge in [-0.25, -0.2) is 0 Å². The lowest BCUT2D eigenvalue weighted by Gasteiger charge is -2.38. The molecule has 2 saturated heterocycles. The van der Waals surface area contributed by atoms with Crippen LogP contribution in [0.15, 0.2) is 0 Å². The highest BCUT2D eigenvalue weighted by molar-refractivity contribution is 4.84. The third-order valence-corrected chi connectivity index (χ3v) is 5.34. The van der Waals surface area contributed by atoms with Crippen molar-refractivity contribution in [3.05, 3.63) is 0 Å². The van der Waals surface area contributed by atoms with Gasteiger partial charge in [-0.1, -0.05) is 13.3 Å². The summed E-state index contributed by atoms with van der Waals surface area (Å²) in [4.78, 5) is 5.39. The fourth-order valence-electron chi connectivity index (χ4n) is 3.74. The number of hydrogen-bond donors (Lipinski definition) is 1. The minimum absolute atomic E-state index is 0.758. The molecule has 3 aliphatic rings. The monoisotopic (exact) mass is 265 g/mol. The van der Waals surface area contributed by atoms with Gasteiger partial charge < -0.3 is 10.2 Å². The summed E-state index contributed by atoms with van der Waals surface area (Å²) in [7, 11) is 0. The second kappa shape index (κ2) is 6.55. The van der Waals surface area contributed by atoms with Gasteiger partial charge in [0.15, 0.2) is 0 Å². The summed E-state index contributed by atoms with van der Waals surface area (Å²) < 4.78 is 0. The molecule has 110 valence electrons. The van der Waals surface area contributed by atoms with E-state index in [2.05, 4.69) is 22.0 Å². The molecule has 19 heavy (non-hydrogen) atoms. The van der Waals surface area contributed by atoms with Crippen molar-refractivity contribution in [1.29, 1.82) is 0 Å². The molecule has 1 aliphatic carbocycles. The van der Waals surface area contributed by atoms with Crippen LogP contribution in [0.1, 0.15) is 39.0 Å². The number of piperazine rings is 1. The highest BCUT2D eigenvalue weighted by Gasteiger charge is 2.28. The molecular weight excluding hydrogens is 234 g/mol. The van der Waals surface area contributed by atoms with Crippen LogP contribution in [0.4, 0.5) is 0 Å². The Kier molecular flexibility index (Phi) is 4.78. The molecule has 3 rings (SSSR count). The normalized spacial score (nSPS) is 34.6. The molecule has 0 radical (unpaired) electrons. The Morgan fingerprint density at radius 3 is 2.21 bits per heavy atom. The molecule has 0 spiro atoms. The predicted octanol–water partition coefficient (Wildman–Crippen LogP) is 1.79. The van der Waals surface area contributed by atoms with Crippen LogP contribution < -0.4 is 5.32 Å². The van der Waals surface area contributed by atoms with E-state index in [1.165, 1.54) is 77.9 Å². The number of nitrogens with zero attached hydrogens (tertiary/aromatic N) is 2. The summed E-state index contributed by atoms with van der Waals surface area (Å²) in [6.07, 6.45) is 7.14. The summed E-state index contributed by atoms with van der Waals surface area (Å²) in [6, 6.07) is 0.758. The Hall–Kier alpha value is -0.120. The Morgan fingerprint density at radius 1 is 0.895 bits per heavy atom. The Bertz CT molecular complexity index is 269. The molecular formula is C16H31N3. The van der Waals surface area contributed by atoms with Crippen molar-refractivity contribution in [1.82, 2.24) is 15.1 Å². The van der Waals surface area contributed by atoms with Gasteiger partial charge >= 0.3 is 0 Å². The van der Waals surface area contributed by atoms with Gasteiger partial charge in [-0.05, 0) is 44.1 Å². The summed E-state index contributed by atoms with van der Waals surface area (Å²) >= 11 is 0. The van der Waals surface area contributed by atoms with Gasteiger partial charge in [0.05, 0.1) is 0 Å². The van der Waals surface area contributed by atoms with Gasteiger partial charge in [0.1, 0.15) is 0 Å². The molecule has 3 fully saturated rings. The van der Waals surface area contributed by atoms with Gasteiger partial charge in [0, 0.05) is 45.3 Å². The van der Waals surface area contributed by atoms with Crippen LogP contribution in [0.2, 0.25) is 0 Å². The molecule has 3 nitrogen and oxygen atoms in total. The standard InChI is InChI=1S/C16H31N3/c1-2-14-5-6-17-16(11-14)13-19-9-7-18(8-10-19)12-15-3-4-15/h14-17H,2-13H2,1H3. The Morgan fingerprint density at radius 2 is 1.58 bits per heavy atom. The van der Waals surface area contributed by atoms with E-state index in [1.807, 2.05) is 0 Å². The largest absolute Gasteiger partial charge is 0.313 e. The van der Waals surface area contributed by atoms with Crippen molar-refractivity contribution in [2.24, 2.45) is 11.8 Å². The van der Waals surface area contributed by atoms with Crippen LogP contribution in [0.3, 0.4) is 0 Å². The molecule has 0 aromatic heterocycles. The highest BCUT2D eigenvalue weighted by Crippen LogP contribution is 2.30. The van der Waals surface area contributed by atoms with Crippen molar-refractivity contribution in [2.45, 2.75) is 45.1 Å². The van der Waals surface area contributed by atoms with Crippen molar-refractivity contribution in [3.63, 3.8) is 0 Å². The van der Waals surface area contributed by atoms with Gasteiger partial charge in [-0.15, -0.1) is 0 Å². The van der Waals surface area contributed by atoms with E-state index in [-0.39, 0.29) is 0 Å². The van der Waals surface area contributed by atoms with E-state index in [4.69, 9.17) is 0 Å². The number of hydrogen-bond acceptors (Lipinski definition) is 3. The van der Waals surface area contributed by atoms with E-state index in [0.29, 0.717) is 0 Å². The second-order valence-electron chi connectivity index (χ2n) is 6.99. The van der Waals surface area contributed by atoms with Crippen LogP contribution in [-0.4, -0.2) is 61.7 Å². The summed E-state index contributed by atoms with van der Waals surface area (Å²) in [5.74, 6) is 2.03. The molecule has 2 unspecified atom stereocenters. The molecule has 3 heteroatoms. The lowest BCUT2D eigenvalue weighted by Crippen LogP contribution is -2.52. The predicted molar refractivity (Wildman–Crippen MR) is 80.4 cm³/mol. The number of piperidine rings is 1. The van der Waals surface area contributed by atoms with Crippen LogP contribution in [-0.2, 0) is 0 Å². The van der Waals surface area contributed by atoms with Crippen LogP contribution in [0.5, 0.6) is 0 Å². The molecule has 2 heterocycles. The van der Waals surface area contributed by atoms with E-state index in [9.17, 15) is 0 Å². The first-order valence-corrected chi connectivity index (χ1v) is 8.51. The fourth-order valence-corrected chi connectivity index (χ4v) is 3.74. The maximum Gasteiger partial charge on any atom is 0.0197 e. The molecule has 1 saturated carbocycles. The minimum Gasteiger partial charge on any atom is -0.313 e. The molecule has 0 aromatic rings. The minimum atomic E-state index is 0.758. The van der Waals surface area contributed by atoms with E-state index in [0.717, 1.165) is 17.9 Å². The van der Waals surface area contributed by atoms with Crippen LogP contribution in [0, 0.1) is 11.8 Å². The zero-order valence-corrected chi connectivity index (χ0v) is 12.6. The maximum absolute atomic E-state index is 3.73. The van der Waals surface area contributed by atoms with Crippen molar-refractivity contribution in [2.75, 3.05) is 45.8 Å². The van der Waals surface area contributed by atoms with Gasteiger partial charge in [0.25, 0.3) is 0 Å². The first kappa shape index (κ1) is 13.8. The molecule has 2 aliphatic heterocycles. The van der Waals surface area contributed by atoms with E-state index in [1.54, 1.807) is 0 Å². The van der Waals surface area contributed by atoms with E-state index < -0.39 is 0 Å². The smallest absolute Gasteiger partial charge is 0.0197 e. The Balaban J connectivity index is 1.36. The third kappa shape index (κ3) is 4.17. The number of nitrogens with one attached hydrogen (secondary N) is 1. The van der Waals surface area contributed by atoms with Gasteiger partial charge in [-0.3, -0.25) is 4.90 Å². The number of rotatable bonds is 5. The molecule has 1 N–H and O–H groups in total. The summed E-state index contributed by atoms with van der Waals surface area (Å²) in [5, 5.41) is 3.73. The first-order chi connectivity index (χ1) is 9.33. The lowest BCUT2D eigenvalue weighted by molar-refractivity contribution is 0.110. The fraction of sp³-hybridized carbons (Fsp3) is 1.00. The lowest BCUT2D eigenvalue weighted by atomic mass is 9.90. The van der Waals surface area contributed by atoms with Gasteiger partial charge in [-0.2, -0.15) is 0 Å².